The summed E-state index contributed by atoms with van der Waals surface area (Å²) in [7, 11) is -1.89. The Labute approximate surface area is 174 Å². The molecule has 2 aliphatic rings. The van der Waals surface area contributed by atoms with Crippen LogP contribution in [0.25, 0.3) is 0 Å². The monoisotopic (exact) mass is 427 g/mol. The maximum Gasteiger partial charge on any atom is 0.264 e. The Hall–Kier alpha value is -1.35. The average molecular weight is 428 g/mol. The topological polar surface area (TPSA) is 85.3 Å². The van der Waals surface area contributed by atoms with Crippen molar-refractivity contribution in [2.24, 2.45) is 11.8 Å². The highest BCUT2D eigenvalue weighted by Crippen LogP contribution is 2.43. The average Bonchev–Trinajstić information content (AvgIpc) is 2.64. The molecule has 1 fully saturated rings. The van der Waals surface area contributed by atoms with Crippen LogP contribution in [0.4, 0.5) is 0 Å². The van der Waals surface area contributed by atoms with Crippen LogP contribution in [-0.2, 0) is 20.7 Å². The van der Waals surface area contributed by atoms with Crippen LogP contribution in [0.15, 0.2) is 12.1 Å². The van der Waals surface area contributed by atoms with Gasteiger partial charge in [0.15, 0.2) is 11.5 Å². The van der Waals surface area contributed by atoms with Crippen molar-refractivity contribution in [1.29, 1.82) is 0 Å². The number of nitrogens with zero attached hydrogens (tertiary/aromatic N) is 1. The normalized spacial score (nSPS) is 24.8. The molecule has 0 saturated carbocycles. The van der Waals surface area contributed by atoms with Crippen LogP contribution in [0.2, 0.25) is 0 Å². The van der Waals surface area contributed by atoms with E-state index in [4.69, 9.17) is 13.7 Å². The van der Waals surface area contributed by atoms with Crippen molar-refractivity contribution in [3.8, 4) is 11.5 Å². The van der Waals surface area contributed by atoms with E-state index in [9.17, 15) is 13.5 Å². The van der Waals surface area contributed by atoms with Crippen LogP contribution in [0.1, 0.15) is 43.9 Å². The Morgan fingerprint density at radius 3 is 2.66 bits per heavy atom. The second kappa shape index (κ2) is 9.20. The van der Waals surface area contributed by atoms with Gasteiger partial charge in [-0.3, -0.25) is 9.08 Å². The molecule has 7 nitrogen and oxygen atoms in total. The van der Waals surface area contributed by atoms with Gasteiger partial charge in [0.05, 0.1) is 19.5 Å². The van der Waals surface area contributed by atoms with Gasteiger partial charge in [0.25, 0.3) is 10.1 Å². The zero-order chi connectivity index (χ0) is 21.2. The molecule has 3 rings (SSSR count). The minimum absolute atomic E-state index is 0.0428. The fourth-order valence-corrected chi connectivity index (χ4v) is 4.92. The van der Waals surface area contributed by atoms with E-state index in [-0.39, 0.29) is 25.4 Å². The van der Waals surface area contributed by atoms with Gasteiger partial charge in [0.1, 0.15) is 13.2 Å². The first-order valence-electron chi connectivity index (χ1n) is 10.3. The first-order chi connectivity index (χ1) is 13.7. The molecule has 1 aromatic rings. The van der Waals surface area contributed by atoms with E-state index in [2.05, 4.69) is 18.7 Å². The molecule has 0 spiro atoms. The summed E-state index contributed by atoms with van der Waals surface area (Å²) in [6.45, 7) is 6.37. The summed E-state index contributed by atoms with van der Waals surface area (Å²) in [5, 5.41) is 10.7. The standard InChI is InChI=1S/C21H33NO6S/c1-14(2)9-16-13-22-6-5-15-10-21(27-7-8-28-29(4,24)25)20(26-3)11-17(15)18(22)12-19(16)23/h10-11,14,16,18-19,23H,5-9,12-13H2,1-4H3. The second-order valence-electron chi connectivity index (χ2n) is 8.53. The van der Waals surface area contributed by atoms with Crippen molar-refractivity contribution < 1.29 is 27.2 Å². The highest BCUT2D eigenvalue weighted by molar-refractivity contribution is 7.85. The number of methoxy groups -OCH3 is 1. The summed E-state index contributed by atoms with van der Waals surface area (Å²) in [5.41, 5.74) is 2.38. The van der Waals surface area contributed by atoms with Gasteiger partial charge in [-0.25, -0.2) is 0 Å². The molecule has 0 aromatic heterocycles. The molecule has 2 heterocycles. The van der Waals surface area contributed by atoms with Crippen LogP contribution in [0, 0.1) is 11.8 Å². The molecule has 0 amide bonds. The zero-order valence-corrected chi connectivity index (χ0v) is 18.6. The molecule has 1 N–H and O–H groups in total. The molecule has 1 saturated heterocycles. The first-order valence-corrected chi connectivity index (χ1v) is 12.1. The number of benzene rings is 1. The smallest absolute Gasteiger partial charge is 0.264 e. The van der Waals surface area contributed by atoms with Crippen molar-refractivity contribution in [2.45, 2.75) is 45.3 Å². The van der Waals surface area contributed by atoms with Gasteiger partial charge in [-0.1, -0.05) is 13.8 Å². The highest BCUT2D eigenvalue weighted by atomic mass is 32.2. The van der Waals surface area contributed by atoms with Crippen molar-refractivity contribution >= 4 is 10.1 Å². The summed E-state index contributed by atoms with van der Waals surface area (Å²) in [6, 6.07) is 4.18. The lowest BCUT2D eigenvalue weighted by Crippen LogP contribution is -2.48. The van der Waals surface area contributed by atoms with Gasteiger partial charge in [0.2, 0.25) is 0 Å². The van der Waals surface area contributed by atoms with E-state index in [0.717, 1.165) is 38.6 Å². The lowest BCUT2D eigenvalue weighted by atomic mass is 9.79. The molecule has 29 heavy (non-hydrogen) atoms. The number of ether oxygens (including phenoxy) is 2. The van der Waals surface area contributed by atoms with Crippen molar-refractivity contribution in [1.82, 2.24) is 4.90 Å². The fraction of sp³-hybridized carbons (Fsp3) is 0.714. The quantitative estimate of drug-likeness (QED) is 0.504. The van der Waals surface area contributed by atoms with Crippen molar-refractivity contribution in [3.63, 3.8) is 0 Å². The predicted octanol–water partition coefficient (Wildman–Crippen LogP) is 2.38. The number of piperidine rings is 1. The molecule has 0 bridgehead atoms. The number of aliphatic hydroxyl groups excluding tert-OH is 1. The number of hydrogen-bond acceptors (Lipinski definition) is 7. The molecule has 3 unspecified atom stereocenters. The van der Waals surface area contributed by atoms with Crippen LogP contribution in [0.5, 0.6) is 11.5 Å². The molecule has 164 valence electrons. The molecular formula is C21H33NO6S. The van der Waals surface area contributed by atoms with Crippen molar-refractivity contribution in [3.05, 3.63) is 23.3 Å². The molecule has 3 atom stereocenters. The summed E-state index contributed by atoms with van der Waals surface area (Å²) in [5.74, 6) is 2.11. The Bertz CT molecular complexity index is 810. The molecule has 0 aliphatic carbocycles. The van der Waals surface area contributed by atoms with Crippen LogP contribution >= 0.6 is 0 Å². The summed E-state index contributed by atoms with van der Waals surface area (Å²) < 4.78 is 38.1. The van der Waals surface area contributed by atoms with Gasteiger partial charge in [-0.05, 0) is 54.4 Å². The van der Waals surface area contributed by atoms with E-state index in [1.165, 1.54) is 11.1 Å². The third kappa shape index (κ3) is 5.63. The first kappa shape index (κ1) is 22.3. The molecule has 1 aromatic carbocycles. The number of fused-ring (bicyclic) bond motifs is 3. The Morgan fingerprint density at radius 1 is 1.24 bits per heavy atom. The van der Waals surface area contributed by atoms with Crippen LogP contribution in [0.3, 0.4) is 0 Å². The number of hydrogen-bond donors (Lipinski definition) is 1. The van der Waals surface area contributed by atoms with Gasteiger partial charge >= 0.3 is 0 Å². The minimum Gasteiger partial charge on any atom is -0.493 e. The predicted molar refractivity (Wildman–Crippen MR) is 111 cm³/mol. The molecule has 2 aliphatic heterocycles. The van der Waals surface area contributed by atoms with Gasteiger partial charge in [0, 0.05) is 19.1 Å². The lowest BCUT2D eigenvalue weighted by Gasteiger charge is -2.46. The Morgan fingerprint density at radius 2 is 2.00 bits per heavy atom. The molecule has 8 heteroatoms. The maximum absolute atomic E-state index is 11.1. The largest absolute Gasteiger partial charge is 0.493 e. The van der Waals surface area contributed by atoms with E-state index in [0.29, 0.717) is 23.3 Å². The summed E-state index contributed by atoms with van der Waals surface area (Å²) in [6.07, 6.45) is 3.41. The van der Waals surface area contributed by atoms with Crippen LogP contribution in [-0.4, -0.2) is 64.2 Å². The van der Waals surface area contributed by atoms with Crippen molar-refractivity contribution in [2.75, 3.05) is 39.7 Å². The summed E-state index contributed by atoms with van der Waals surface area (Å²) >= 11 is 0. The highest BCUT2D eigenvalue weighted by Gasteiger charge is 2.38. The van der Waals surface area contributed by atoms with E-state index >= 15 is 0 Å². The van der Waals surface area contributed by atoms with Gasteiger partial charge in [-0.2, -0.15) is 8.42 Å². The van der Waals surface area contributed by atoms with E-state index in [1.807, 2.05) is 12.1 Å². The summed E-state index contributed by atoms with van der Waals surface area (Å²) in [4.78, 5) is 2.49. The van der Waals surface area contributed by atoms with Gasteiger partial charge < -0.3 is 14.6 Å². The van der Waals surface area contributed by atoms with Crippen LogP contribution < -0.4 is 9.47 Å². The molecule has 0 radical (unpaired) electrons. The molecular weight excluding hydrogens is 394 g/mol. The number of aliphatic hydroxyl groups is 1. The maximum atomic E-state index is 11.1. The van der Waals surface area contributed by atoms with E-state index < -0.39 is 10.1 Å². The SMILES string of the molecule is COc1cc2c(cc1OCCOS(C)(=O)=O)CCN1CC(CC(C)C)C(O)CC21. The third-order valence-electron chi connectivity index (χ3n) is 5.78. The second-order valence-corrected chi connectivity index (χ2v) is 10.2. The number of rotatable bonds is 8. The zero-order valence-electron chi connectivity index (χ0n) is 17.8. The minimum atomic E-state index is -3.48. The third-order valence-corrected chi connectivity index (χ3v) is 6.38. The Kier molecular flexibility index (Phi) is 7.09. The Balaban J connectivity index is 1.74. The van der Waals surface area contributed by atoms with Gasteiger partial charge in [-0.15, -0.1) is 0 Å². The fourth-order valence-electron chi connectivity index (χ4n) is 4.55. The lowest BCUT2D eigenvalue weighted by molar-refractivity contribution is -0.0191. The van der Waals surface area contributed by atoms with E-state index in [1.54, 1.807) is 7.11 Å².